The number of hydrogen-bond acceptors (Lipinski definition) is 5. The molecule has 0 saturated heterocycles. The molecule has 1 heterocycles. The maximum atomic E-state index is 11.5. The van der Waals surface area contributed by atoms with Gasteiger partial charge in [-0.15, -0.1) is 0 Å². The van der Waals surface area contributed by atoms with Crippen molar-refractivity contribution in [2.75, 3.05) is 19.0 Å². The zero-order valence-electron chi connectivity index (χ0n) is 11.5. The maximum Gasteiger partial charge on any atom is 0.376 e. The molecule has 5 heteroatoms. The van der Waals surface area contributed by atoms with Crippen molar-refractivity contribution < 1.29 is 9.53 Å². The molecule has 5 nitrogen and oxygen atoms in total. The molecule has 1 rings (SSSR count). The molecule has 0 radical (unpaired) electrons. The Morgan fingerprint density at radius 2 is 2.17 bits per heavy atom. The Balaban J connectivity index is 2.99. The number of carbonyl (C=O) groups is 1. The van der Waals surface area contributed by atoms with E-state index in [-0.39, 0.29) is 5.82 Å². The van der Waals surface area contributed by atoms with Crippen molar-refractivity contribution in [2.24, 2.45) is 5.92 Å². The molecule has 0 atom stereocenters. The van der Waals surface area contributed by atoms with Gasteiger partial charge in [0, 0.05) is 18.3 Å². The minimum Gasteiger partial charge on any atom is -0.463 e. The van der Waals surface area contributed by atoms with Gasteiger partial charge in [-0.1, -0.05) is 20.8 Å². The summed E-state index contributed by atoms with van der Waals surface area (Å²) in [5.74, 6) is 0.779. The van der Waals surface area contributed by atoms with Crippen LogP contribution in [0.3, 0.4) is 0 Å². The summed E-state index contributed by atoms with van der Waals surface area (Å²) in [6.45, 7) is 7.11. The lowest BCUT2D eigenvalue weighted by atomic mass is 10.1. The number of ether oxygens (including phenoxy) is 1. The molecular formula is C13H21N3O2. The lowest BCUT2D eigenvalue weighted by molar-refractivity contribution is 0.0586. The average molecular weight is 251 g/mol. The first kappa shape index (κ1) is 14.4. The van der Waals surface area contributed by atoms with Crippen LogP contribution in [0.25, 0.3) is 0 Å². The molecule has 0 aromatic carbocycles. The third kappa shape index (κ3) is 4.31. The van der Waals surface area contributed by atoms with Gasteiger partial charge in [-0.05, 0) is 18.8 Å². The van der Waals surface area contributed by atoms with Crippen LogP contribution in [0.2, 0.25) is 0 Å². The first-order chi connectivity index (χ1) is 8.56. The number of nitrogens with one attached hydrogen (secondary N) is 1. The van der Waals surface area contributed by atoms with Gasteiger partial charge in [-0.2, -0.15) is 0 Å². The number of anilines is 1. The minimum absolute atomic E-state index is 0.120. The molecule has 0 amide bonds. The molecule has 0 aliphatic rings. The molecule has 1 aromatic rings. The number of nitrogens with zero attached hydrogens (tertiary/aromatic N) is 2. The van der Waals surface area contributed by atoms with Crippen LogP contribution >= 0.6 is 0 Å². The predicted octanol–water partition coefficient (Wildman–Crippen LogP) is 2.28. The fourth-order valence-electron chi connectivity index (χ4n) is 1.55. The smallest absolute Gasteiger partial charge is 0.376 e. The normalized spacial score (nSPS) is 10.5. The van der Waals surface area contributed by atoms with Crippen molar-refractivity contribution in [2.45, 2.75) is 33.6 Å². The number of carbonyl (C=O) groups excluding carboxylic acids is 1. The molecule has 0 bridgehead atoms. The van der Waals surface area contributed by atoms with Crippen LogP contribution in [0.4, 0.5) is 5.82 Å². The van der Waals surface area contributed by atoms with E-state index in [4.69, 9.17) is 0 Å². The highest BCUT2D eigenvalue weighted by Gasteiger charge is 2.13. The second-order valence-electron chi connectivity index (χ2n) is 4.58. The summed E-state index contributed by atoms with van der Waals surface area (Å²) in [4.78, 5) is 19.9. The molecule has 0 aliphatic carbocycles. The Hall–Kier alpha value is -1.65. The fourth-order valence-corrected chi connectivity index (χ4v) is 1.55. The van der Waals surface area contributed by atoms with E-state index in [0.29, 0.717) is 11.7 Å². The zero-order valence-corrected chi connectivity index (χ0v) is 11.5. The van der Waals surface area contributed by atoms with E-state index in [1.807, 2.05) is 6.07 Å². The highest BCUT2D eigenvalue weighted by Crippen LogP contribution is 2.12. The number of methoxy groups -OCH3 is 1. The molecule has 0 saturated carbocycles. The molecule has 0 spiro atoms. The lowest BCUT2D eigenvalue weighted by Crippen LogP contribution is -2.13. The van der Waals surface area contributed by atoms with Crippen molar-refractivity contribution in [3.8, 4) is 0 Å². The molecule has 18 heavy (non-hydrogen) atoms. The average Bonchev–Trinajstić information content (AvgIpc) is 2.34. The number of aromatic nitrogens is 2. The van der Waals surface area contributed by atoms with E-state index in [1.54, 1.807) is 0 Å². The maximum absolute atomic E-state index is 11.5. The highest BCUT2D eigenvalue weighted by atomic mass is 16.5. The lowest BCUT2D eigenvalue weighted by Gasteiger charge is -2.09. The van der Waals surface area contributed by atoms with Crippen LogP contribution < -0.4 is 5.32 Å². The Bertz CT molecular complexity index is 405. The number of esters is 1. The van der Waals surface area contributed by atoms with Crippen LogP contribution in [0.15, 0.2) is 6.07 Å². The van der Waals surface area contributed by atoms with Gasteiger partial charge in [0.15, 0.2) is 0 Å². The Labute approximate surface area is 108 Å². The summed E-state index contributed by atoms with van der Waals surface area (Å²) in [5, 5.41) is 3.17. The molecule has 1 aromatic heterocycles. The first-order valence-corrected chi connectivity index (χ1v) is 6.27. The SMILES string of the molecule is CCCNc1cc(CC(C)C)nc(C(=O)OC)n1. The van der Waals surface area contributed by atoms with E-state index in [9.17, 15) is 4.79 Å². The number of rotatable bonds is 6. The Kier molecular flexibility index (Phi) is 5.55. The third-order valence-corrected chi connectivity index (χ3v) is 2.32. The monoisotopic (exact) mass is 251 g/mol. The van der Waals surface area contributed by atoms with Crippen LogP contribution in [0.5, 0.6) is 0 Å². The van der Waals surface area contributed by atoms with Crippen LogP contribution in [0, 0.1) is 5.92 Å². The summed E-state index contributed by atoms with van der Waals surface area (Å²) in [6.07, 6.45) is 1.81. The highest BCUT2D eigenvalue weighted by molar-refractivity contribution is 5.85. The van der Waals surface area contributed by atoms with E-state index >= 15 is 0 Å². The van der Waals surface area contributed by atoms with E-state index in [1.165, 1.54) is 7.11 Å². The van der Waals surface area contributed by atoms with Gasteiger partial charge in [0.25, 0.3) is 0 Å². The summed E-state index contributed by atoms with van der Waals surface area (Å²) >= 11 is 0. The molecule has 0 fully saturated rings. The molecule has 100 valence electrons. The van der Waals surface area contributed by atoms with Gasteiger partial charge in [-0.3, -0.25) is 0 Å². The summed E-state index contributed by atoms with van der Waals surface area (Å²) in [6, 6.07) is 1.89. The second-order valence-corrected chi connectivity index (χ2v) is 4.58. The number of hydrogen-bond donors (Lipinski definition) is 1. The van der Waals surface area contributed by atoms with Gasteiger partial charge in [0.1, 0.15) is 5.82 Å². The second kappa shape index (κ2) is 6.93. The van der Waals surface area contributed by atoms with Crippen LogP contribution in [-0.4, -0.2) is 29.6 Å². The van der Waals surface area contributed by atoms with Crippen molar-refractivity contribution >= 4 is 11.8 Å². The summed E-state index contributed by atoms with van der Waals surface area (Å²) < 4.78 is 4.66. The van der Waals surface area contributed by atoms with Crippen molar-refractivity contribution in [3.05, 3.63) is 17.6 Å². The van der Waals surface area contributed by atoms with E-state index in [0.717, 1.165) is 25.1 Å². The van der Waals surface area contributed by atoms with Crippen LogP contribution in [0.1, 0.15) is 43.5 Å². The summed E-state index contributed by atoms with van der Waals surface area (Å²) in [5.41, 5.74) is 0.860. The van der Waals surface area contributed by atoms with Crippen molar-refractivity contribution in [1.82, 2.24) is 9.97 Å². The Morgan fingerprint density at radius 1 is 1.44 bits per heavy atom. The topological polar surface area (TPSA) is 64.1 Å². The fraction of sp³-hybridized carbons (Fsp3) is 0.615. The van der Waals surface area contributed by atoms with Gasteiger partial charge >= 0.3 is 5.97 Å². The van der Waals surface area contributed by atoms with Gasteiger partial charge in [0.2, 0.25) is 5.82 Å². The first-order valence-electron chi connectivity index (χ1n) is 6.27. The molecule has 1 N–H and O–H groups in total. The van der Waals surface area contributed by atoms with Crippen LogP contribution in [-0.2, 0) is 11.2 Å². The van der Waals surface area contributed by atoms with Gasteiger partial charge in [-0.25, -0.2) is 14.8 Å². The van der Waals surface area contributed by atoms with E-state index in [2.05, 4.69) is 40.8 Å². The molecule has 0 aliphatic heterocycles. The van der Waals surface area contributed by atoms with E-state index < -0.39 is 5.97 Å². The zero-order chi connectivity index (χ0) is 13.5. The standard InChI is InChI=1S/C13H21N3O2/c1-5-6-14-11-8-10(7-9(2)3)15-12(16-11)13(17)18-4/h8-9H,5-7H2,1-4H3,(H,14,15,16). The van der Waals surface area contributed by atoms with Gasteiger partial charge < -0.3 is 10.1 Å². The summed E-state index contributed by atoms with van der Waals surface area (Å²) in [7, 11) is 1.33. The third-order valence-electron chi connectivity index (χ3n) is 2.32. The minimum atomic E-state index is -0.500. The Morgan fingerprint density at radius 3 is 2.72 bits per heavy atom. The van der Waals surface area contributed by atoms with Crippen molar-refractivity contribution in [1.29, 1.82) is 0 Å². The predicted molar refractivity (Wildman–Crippen MR) is 70.7 cm³/mol. The quantitative estimate of drug-likeness (QED) is 0.786. The molecule has 0 unspecified atom stereocenters. The molecular weight excluding hydrogens is 230 g/mol. The van der Waals surface area contributed by atoms with Crippen molar-refractivity contribution in [3.63, 3.8) is 0 Å². The largest absolute Gasteiger partial charge is 0.463 e. The van der Waals surface area contributed by atoms with Gasteiger partial charge in [0.05, 0.1) is 7.11 Å².